The molecule has 2 aromatic rings. The van der Waals surface area contributed by atoms with Crippen molar-refractivity contribution in [2.75, 3.05) is 15.7 Å². The summed E-state index contributed by atoms with van der Waals surface area (Å²) in [4.78, 5) is 14.8. The summed E-state index contributed by atoms with van der Waals surface area (Å²) in [6.45, 7) is 2.54. The maximum atomic E-state index is 13.4. The number of rotatable bonds is 3. The first-order chi connectivity index (χ1) is 13.5. The van der Waals surface area contributed by atoms with Gasteiger partial charge in [0.25, 0.3) is 10.0 Å². The molecule has 28 heavy (non-hydrogen) atoms. The second kappa shape index (κ2) is 6.34. The summed E-state index contributed by atoms with van der Waals surface area (Å²) in [6.07, 6.45) is 4.37. The van der Waals surface area contributed by atoms with Gasteiger partial charge in [-0.1, -0.05) is 18.2 Å². The molecular formula is C22H24N2O3S. The van der Waals surface area contributed by atoms with Crippen molar-refractivity contribution >= 4 is 27.3 Å². The fourth-order valence-electron chi connectivity index (χ4n) is 4.51. The summed E-state index contributed by atoms with van der Waals surface area (Å²) in [6, 6.07) is 13.1. The molecular weight excluding hydrogens is 372 g/mol. The Labute approximate surface area is 166 Å². The first-order valence-corrected chi connectivity index (χ1v) is 11.5. The Bertz CT molecular complexity index is 1060. The second-order valence-corrected chi connectivity index (χ2v) is 10.00. The molecule has 0 saturated heterocycles. The SMILES string of the molecule is C[C@@H]1Cc2cc(S(=O)(=O)N3CCCc4ccccc43)ccc2N1C(=O)C1CC1. The van der Waals surface area contributed by atoms with Gasteiger partial charge < -0.3 is 4.90 Å². The molecule has 0 bridgehead atoms. The summed E-state index contributed by atoms with van der Waals surface area (Å²) in [5.74, 6) is 0.341. The van der Waals surface area contributed by atoms with Gasteiger partial charge in [0.2, 0.25) is 5.91 Å². The fraction of sp³-hybridized carbons (Fsp3) is 0.409. The minimum absolute atomic E-state index is 0.0803. The van der Waals surface area contributed by atoms with E-state index in [4.69, 9.17) is 0 Å². The maximum absolute atomic E-state index is 13.4. The van der Waals surface area contributed by atoms with Crippen molar-refractivity contribution in [1.82, 2.24) is 0 Å². The minimum atomic E-state index is -3.63. The average molecular weight is 397 g/mol. The van der Waals surface area contributed by atoms with Gasteiger partial charge in [-0.3, -0.25) is 9.10 Å². The van der Waals surface area contributed by atoms with Gasteiger partial charge in [-0.2, -0.15) is 0 Å². The zero-order valence-corrected chi connectivity index (χ0v) is 16.8. The van der Waals surface area contributed by atoms with Crippen LogP contribution in [-0.2, 0) is 27.7 Å². The molecule has 0 aromatic heterocycles. The quantitative estimate of drug-likeness (QED) is 0.798. The number of anilines is 2. The highest BCUT2D eigenvalue weighted by Crippen LogP contribution is 2.40. The molecule has 2 aromatic carbocycles. The average Bonchev–Trinajstić information content (AvgIpc) is 3.49. The van der Waals surface area contributed by atoms with Crippen molar-refractivity contribution < 1.29 is 13.2 Å². The number of hydrogen-bond acceptors (Lipinski definition) is 3. The molecule has 3 aliphatic rings. The van der Waals surface area contributed by atoms with Crippen molar-refractivity contribution in [2.24, 2.45) is 5.92 Å². The second-order valence-electron chi connectivity index (χ2n) is 8.14. The smallest absolute Gasteiger partial charge is 0.264 e. The van der Waals surface area contributed by atoms with Crippen LogP contribution in [0.2, 0.25) is 0 Å². The summed E-state index contributed by atoms with van der Waals surface area (Å²) in [7, 11) is -3.63. The topological polar surface area (TPSA) is 57.7 Å². The number of amides is 1. The zero-order valence-electron chi connectivity index (χ0n) is 16.0. The molecule has 5 nitrogen and oxygen atoms in total. The van der Waals surface area contributed by atoms with E-state index in [1.165, 1.54) is 0 Å². The van der Waals surface area contributed by atoms with Crippen LogP contribution < -0.4 is 9.21 Å². The van der Waals surface area contributed by atoms with Crippen LogP contribution in [0.1, 0.15) is 37.3 Å². The van der Waals surface area contributed by atoms with Crippen LogP contribution in [0.5, 0.6) is 0 Å². The van der Waals surface area contributed by atoms with Gasteiger partial charge >= 0.3 is 0 Å². The highest BCUT2D eigenvalue weighted by molar-refractivity contribution is 7.92. The minimum Gasteiger partial charge on any atom is -0.309 e. The van der Waals surface area contributed by atoms with E-state index in [1.54, 1.807) is 16.4 Å². The van der Waals surface area contributed by atoms with Gasteiger partial charge in [-0.25, -0.2) is 8.42 Å². The van der Waals surface area contributed by atoms with Crippen LogP contribution in [0.4, 0.5) is 11.4 Å². The summed E-state index contributed by atoms with van der Waals surface area (Å²) in [5.41, 5.74) is 3.69. The fourth-order valence-corrected chi connectivity index (χ4v) is 6.10. The third-order valence-electron chi connectivity index (χ3n) is 6.09. The monoisotopic (exact) mass is 396 g/mol. The van der Waals surface area contributed by atoms with E-state index < -0.39 is 10.0 Å². The van der Waals surface area contributed by atoms with Gasteiger partial charge in [-0.15, -0.1) is 0 Å². The standard InChI is InChI=1S/C22H24N2O3S/c1-15-13-18-14-19(10-11-21(18)24(15)22(25)17-8-9-17)28(26,27)23-12-4-6-16-5-2-3-7-20(16)23/h2-3,5,7,10-11,14-15,17H,4,6,8-9,12-13H2,1H3/t15-/m1/s1. The third kappa shape index (κ3) is 2.73. The Hall–Kier alpha value is -2.34. The number of hydrogen-bond donors (Lipinski definition) is 0. The summed E-state index contributed by atoms with van der Waals surface area (Å²) >= 11 is 0. The van der Waals surface area contributed by atoms with E-state index in [1.807, 2.05) is 42.2 Å². The molecule has 6 heteroatoms. The van der Waals surface area contributed by atoms with E-state index in [-0.39, 0.29) is 17.9 Å². The Morgan fingerprint density at radius 2 is 1.82 bits per heavy atom. The predicted molar refractivity (Wildman–Crippen MR) is 109 cm³/mol. The van der Waals surface area contributed by atoms with Gasteiger partial charge in [-0.05, 0) is 74.4 Å². The van der Waals surface area contributed by atoms with Crippen LogP contribution in [-0.4, -0.2) is 26.9 Å². The predicted octanol–water partition coefficient (Wildman–Crippen LogP) is 3.52. The van der Waals surface area contributed by atoms with Crippen LogP contribution in [0.15, 0.2) is 47.4 Å². The third-order valence-corrected chi connectivity index (χ3v) is 7.90. The van der Waals surface area contributed by atoms with Crippen LogP contribution >= 0.6 is 0 Å². The lowest BCUT2D eigenvalue weighted by atomic mass is 10.0. The van der Waals surface area contributed by atoms with Gasteiger partial charge in [0.1, 0.15) is 0 Å². The van der Waals surface area contributed by atoms with Crippen molar-refractivity contribution in [3.8, 4) is 0 Å². The molecule has 1 amide bonds. The largest absolute Gasteiger partial charge is 0.309 e. The molecule has 5 rings (SSSR count). The number of carbonyl (C=O) groups excluding carboxylic acids is 1. The molecule has 0 N–H and O–H groups in total. The van der Waals surface area contributed by atoms with Gasteiger partial charge in [0, 0.05) is 24.2 Å². The molecule has 2 heterocycles. The Balaban J connectivity index is 1.51. The Kier molecular flexibility index (Phi) is 4.02. The Morgan fingerprint density at radius 3 is 2.61 bits per heavy atom. The highest BCUT2D eigenvalue weighted by atomic mass is 32.2. The van der Waals surface area contributed by atoms with Crippen LogP contribution in [0, 0.1) is 5.92 Å². The number of fused-ring (bicyclic) bond motifs is 2. The number of para-hydroxylation sites is 1. The number of nitrogens with zero attached hydrogens (tertiary/aromatic N) is 2. The molecule has 146 valence electrons. The lowest BCUT2D eigenvalue weighted by Crippen LogP contribution is -2.36. The molecule has 1 aliphatic carbocycles. The highest BCUT2D eigenvalue weighted by Gasteiger charge is 2.40. The summed E-state index contributed by atoms with van der Waals surface area (Å²) in [5, 5.41) is 0. The molecule has 2 aliphatic heterocycles. The van der Waals surface area contributed by atoms with Gasteiger partial charge in [0.05, 0.1) is 10.6 Å². The van der Waals surface area contributed by atoms with Crippen molar-refractivity contribution in [2.45, 2.75) is 50.0 Å². The number of aryl methyl sites for hydroxylation is 1. The lowest BCUT2D eigenvalue weighted by Gasteiger charge is -2.30. The van der Waals surface area contributed by atoms with Crippen LogP contribution in [0.25, 0.3) is 0 Å². The van der Waals surface area contributed by atoms with E-state index in [0.29, 0.717) is 17.9 Å². The van der Waals surface area contributed by atoms with E-state index >= 15 is 0 Å². The molecule has 1 fully saturated rings. The van der Waals surface area contributed by atoms with Crippen molar-refractivity contribution in [3.63, 3.8) is 0 Å². The van der Waals surface area contributed by atoms with Gasteiger partial charge in [0.15, 0.2) is 0 Å². The molecule has 0 radical (unpaired) electrons. The van der Waals surface area contributed by atoms with E-state index in [9.17, 15) is 13.2 Å². The first kappa shape index (κ1) is 17.7. The molecule has 0 spiro atoms. The van der Waals surface area contributed by atoms with E-state index in [2.05, 4.69) is 0 Å². The molecule has 1 atom stereocenters. The zero-order chi connectivity index (χ0) is 19.5. The number of benzene rings is 2. The molecule has 0 unspecified atom stereocenters. The normalized spacial score (nSPS) is 21.4. The van der Waals surface area contributed by atoms with Crippen molar-refractivity contribution in [1.29, 1.82) is 0 Å². The first-order valence-electron chi connectivity index (χ1n) is 10.0. The maximum Gasteiger partial charge on any atom is 0.264 e. The summed E-state index contributed by atoms with van der Waals surface area (Å²) < 4.78 is 28.4. The van der Waals surface area contributed by atoms with E-state index in [0.717, 1.165) is 48.2 Å². The van der Waals surface area contributed by atoms with Crippen molar-refractivity contribution in [3.05, 3.63) is 53.6 Å². The number of carbonyl (C=O) groups is 1. The lowest BCUT2D eigenvalue weighted by molar-refractivity contribution is -0.120. The Morgan fingerprint density at radius 1 is 1.04 bits per heavy atom. The molecule has 1 saturated carbocycles. The number of sulfonamides is 1. The van der Waals surface area contributed by atoms with Crippen LogP contribution in [0.3, 0.4) is 0 Å².